The number of carbonyl (C=O) groups is 2. The first kappa shape index (κ1) is 14.8. The van der Waals surface area contributed by atoms with Gasteiger partial charge in [-0.2, -0.15) is 0 Å². The first-order valence-electron chi connectivity index (χ1n) is 8.37. The van der Waals surface area contributed by atoms with Crippen LogP contribution in [0.1, 0.15) is 57.8 Å². The molecule has 2 saturated carbocycles. The zero-order valence-corrected chi connectivity index (χ0v) is 12.6. The molecule has 3 atom stereocenters. The molecule has 3 unspecified atom stereocenters. The summed E-state index contributed by atoms with van der Waals surface area (Å²) in [6.07, 6.45) is 8.39. The molecule has 1 saturated heterocycles. The molecule has 0 spiro atoms. The van der Waals surface area contributed by atoms with Crippen molar-refractivity contribution >= 4 is 11.9 Å². The molecule has 0 aromatic carbocycles. The average molecular weight is 294 g/mol. The molecule has 0 aromatic rings. The van der Waals surface area contributed by atoms with Gasteiger partial charge < -0.3 is 15.7 Å². The maximum atomic E-state index is 12.7. The highest BCUT2D eigenvalue weighted by Crippen LogP contribution is 2.38. The van der Waals surface area contributed by atoms with Gasteiger partial charge in [-0.05, 0) is 44.1 Å². The highest BCUT2D eigenvalue weighted by molar-refractivity contribution is 5.84. The number of carboxylic acids is 1. The quantitative estimate of drug-likeness (QED) is 0.737. The number of carboxylic acid groups (broad SMARTS) is 1. The van der Waals surface area contributed by atoms with Crippen LogP contribution >= 0.6 is 0 Å². The molecular formula is C16H26N2O3. The summed E-state index contributed by atoms with van der Waals surface area (Å²) < 4.78 is 0. The van der Waals surface area contributed by atoms with Crippen molar-refractivity contribution in [2.75, 3.05) is 6.54 Å². The van der Waals surface area contributed by atoms with Crippen molar-refractivity contribution in [3.63, 3.8) is 0 Å². The maximum absolute atomic E-state index is 12.7. The van der Waals surface area contributed by atoms with Gasteiger partial charge in [0.2, 0.25) is 5.91 Å². The predicted molar refractivity (Wildman–Crippen MR) is 78.8 cm³/mol. The van der Waals surface area contributed by atoms with Crippen LogP contribution in [-0.2, 0) is 9.59 Å². The zero-order chi connectivity index (χ0) is 14.9. The molecule has 5 heteroatoms. The topological polar surface area (TPSA) is 78.4 Å². The third kappa shape index (κ3) is 3.07. The molecule has 1 aliphatic heterocycles. The van der Waals surface area contributed by atoms with E-state index in [0.29, 0.717) is 11.8 Å². The minimum atomic E-state index is -0.810. The minimum Gasteiger partial charge on any atom is -0.481 e. The molecule has 21 heavy (non-hydrogen) atoms. The van der Waals surface area contributed by atoms with Gasteiger partial charge in [-0.3, -0.25) is 9.59 Å². The number of hydrogen-bond donors (Lipinski definition) is 3. The third-order valence-corrected chi connectivity index (χ3v) is 5.72. The Kier molecular flexibility index (Phi) is 4.20. The Morgan fingerprint density at radius 2 is 1.90 bits per heavy atom. The summed E-state index contributed by atoms with van der Waals surface area (Å²) in [5, 5.41) is 15.7. The predicted octanol–water partition coefficient (Wildman–Crippen LogP) is 1.67. The van der Waals surface area contributed by atoms with Gasteiger partial charge in [0.05, 0.1) is 18.0 Å². The second-order valence-electron chi connectivity index (χ2n) is 7.14. The summed E-state index contributed by atoms with van der Waals surface area (Å²) in [6.45, 7) is 0.939. The summed E-state index contributed by atoms with van der Waals surface area (Å²) in [5.74, 6) is 0.320. The Morgan fingerprint density at radius 3 is 2.62 bits per heavy atom. The summed E-state index contributed by atoms with van der Waals surface area (Å²) in [4.78, 5) is 23.9. The fraction of sp³-hybridized carbons (Fsp3) is 0.875. The summed E-state index contributed by atoms with van der Waals surface area (Å²) in [7, 11) is 0. The van der Waals surface area contributed by atoms with Crippen LogP contribution < -0.4 is 10.6 Å². The number of hydrogen-bond acceptors (Lipinski definition) is 3. The lowest BCUT2D eigenvalue weighted by Gasteiger charge is -2.38. The molecule has 3 rings (SSSR count). The van der Waals surface area contributed by atoms with E-state index in [-0.39, 0.29) is 18.4 Å². The third-order valence-electron chi connectivity index (χ3n) is 5.72. The fourth-order valence-corrected chi connectivity index (χ4v) is 4.68. The number of fused-ring (bicyclic) bond motifs is 1. The lowest BCUT2D eigenvalue weighted by atomic mass is 9.78. The molecule has 1 heterocycles. The van der Waals surface area contributed by atoms with Gasteiger partial charge in [0.25, 0.3) is 0 Å². The van der Waals surface area contributed by atoms with Gasteiger partial charge >= 0.3 is 5.97 Å². The van der Waals surface area contributed by atoms with Crippen molar-refractivity contribution in [1.29, 1.82) is 0 Å². The number of aliphatic carboxylic acids is 1. The van der Waals surface area contributed by atoms with Gasteiger partial charge in [0.15, 0.2) is 0 Å². The van der Waals surface area contributed by atoms with Crippen molar-refractivity contribution in [2.24, 2.45) is 11.8 Å². The summed E-state index contributed by atoms with van der Waals surface area (Å²) in [6, 6.07) is -0.106. The molecule has 118 valence electrons. The van der Waals surface area contributed by atoms with E-state index < -0.39 is 11.5 Å². The second kappa shape index (κ2) is 5.95. The lowest BCUT2D eigenvalue weighted by Crippen LogP contribution is -2.56. The highest BCUT2D eigenvalue weighted by Gasteiger charge is 2.45. The summed E-state index contributed by atoms with van der Waals surface area (Å²) in [5.41, 5.74) is -0.514. The molecule has 0 bridgehead atoms. The van der Waals surface area contributed by atoms with Crippen LogP contribution in [0.15, 0.2) is 0 Å². The van der Waals surface area contributed by atoms with Gasteiger partial charge in [-0.25, -0.2) is 0 Å². The van der Waals surface area contributed by atoms with Crippen LogP contribution in [0.5, 0.6) is 0 Å². The Bertz CT molecular complexity index is 418. The van der Waals surface area contributed by atoms with Crippen molar-refractivity contribution in [1.82, 2.24) is 10.6 Å². The molecular weight excluding hydrogens is 268 g/mol. The normalized spacial score (nSPS) is 34.4. The Balaban J connectivity index is 1.67. The van der Waals surface area contributed by atoms with E-state index in [1.807, 2.05) is 0 Å². The summed E-state index contributed by atoms with van der Waals surface area (Å²) >= 11 is 0. The van der Waals surface area contributed by atoms with Crippen LogP contribution in [0.4, 0.5) is 0 Å². The monoisotopic (exact) mass is 294 g/mol. The van der Waals surface area contributed by atoms with Crippen LogP contribution in [0.2, 0.25) is 0 Å². The van der Waals surface area contributed by atoms with Crippen LogP contribution in [0.25, 0.3) is 0 Å². The SMILES string of the molecule is O=C(O)CC1(NC(=O)C2NCC3CCCC32)CCCCC1. The molecule has 3 fully saturated rings. The molecule has 3 N–H and O–H groups in total. The smallest absolute Gasteiger partial charge is 0.305 e. The largest absolute Gasteiger partial charge is 0.481 e. The lowest BCUT2D eigenvalue weighted by molar-refractivity contribution is -0.139. The first-order valence-corrected chi connectivity index (χ1v) is 8.37. The number of amides is 1. The average Bonchev–Trinajstić information content (AvgIpc) is 3.00. The fourth-order valence-electron chi connectivity index (χ4n) is 4.68. The van der Waals surface area contributed by atoms with E-state index in [0.717, 1.165) is 45.1 Å². The van der Waals surface area contributed by atoms with Gasteiger partial charge in [0, 0.05) is 0 Å². The van der Waals surface area contributed by atoms with E-state index in [1.54, 1.807) is 0 Å². The molecule has 1 amide bonds. The second-order valence-corrected chi connectivity index (χ2v) is 7.14. The maximum Gasteiger partial charge on any atom is 0.305 e. The van der Waals surface area contributed by atoms with Crippen LogP contribution in [0, 0.1) is 11.8 Å². The van der Waals surface area contributed by atoms with Crippen LogP contribution in [0.3, 0.4) is 0 Å². The minimum absolute atomic E-state index is 0.0348. The van der Waals surface area contributed by atoms with E-state index >= 15 is 0 Å². The van der Waals surface area contributed by atoms with E-state index in [9.17, 15) is 14.7 Å². The van der Waals surface area contributed by atoms with Crippen molar-refractivity contribution in [3.05, 3.63) is 0 Å². The van der Waals surface area contributed by atoms with Crippen LogP contribution in [-0.4, -0.2) is 35.1 Å². The molecule has 0 aromatic heterocycles. The van der Waals surface area contributed by atoms with E-state index in [4.69, 9.17) is 0 Å². The number of nitrogens with one attached hydrogen (secondary N) is 2. The van der Waals surface area contributed by atoms with Crippen molar-refractivity contribution in [2.45, 2.75) is 69.4 Å². The number of rotatable bonds is 4. The van der Waals surface area contributed by atoms with E-state index in [2.05, 4.69) is 10.6 Å². The van der Waals surface area contributed by atoms with Gasteiger partial charge in [-0.1, -0.05) is 25.7 Å². The Labute approximate surface area is 125 Å². The van der Waals surface area contributed by atoms with Crippen molar-refractivity contribution < 1.29 is 14.7 Å². The van der Waals surface area contributed by atoms with Crippen molar-refractivity contribution in [3.8, 4) is 0 Å². The van der Waals surface area contributed by atoms with Gasteiger partial charge in [-0.15, -0.1) is 0 Å². The number of carbonyl (C=O) groups excluding carboxylic acids is 1. The molecule has 5 nitrogen and oxygen atoms in total. The highest BCUT2D eigenvalue weighted by atomic mass is 16.4. The molecule has 0 radical (unpaired) electrons. The Morgan fingerprint density at radius 1 is 1.14 bits per heavy atom. The van der Waals surface area contributed by atoms with Gasteiger partial charge in [0.1, 0.15) is 0 Å². The standard InChI is InChI=1S/C16H26N2O3/c19-13(20)9-16(7-2-1-3-8-16)18-15(21)14-12-6-4-5-11(12)10-17-14/h11-12,14,17H,1-10H2,(H,18,21)(H,19,20). The zero-order valence-electron chi connectivity index (χ0n) is 12.6. The molecule has 3 aliphatic rings. The first-order chi connectivity index (χ1) is 10.1. The molecule has 2 aliphatic carbocycles. The Hall–Kier alpha value is -1.10. The van der Waals surface area contributed by atoms with E-state index in [1.165, 1.54) is 12.8 Å².